The zero-order valence-electron chi connectivity index (χ0n) is 10.8. The maximum atomic E-state index is 11.8. The number of hydrogen-bond acceptors (Lipinski definition) is 5. The van der Waals surface area contributed by atoms with Crippen LogP contribution < -0.4 is 5.32 Å². The molecule has 1 aromatic heterocycles. The van der Waals surface area contributed by atoms with Gasteiger partial charge in [-0.15, -0.1) is 0 Å². The predicted octanol–water partition coefficient (Wildman–Crippen LogP) is 2.67. The van der Waals surface area contributed by atoms with Gasteiger partial charge in [0.05, 0.1) is 11.7 Å². The SMILES string of the molecule is CS[C@H](C)c1nc(CC(=O)Nc2ccccc2)no1. The largest absolute Gasteiger partial charge is 0.338 e. The van der Waals surface area contributed by atoms with Crippen molar-refractivity contribution in [2.24, 2.45) is 0 Å². The van der Waals surface area contributed by atoms with Crippen molar-refractivity contribution < 1.29 is 9.32 Å². The summed E-state index contributed by atoms with van der Waals surface area (Å²) in [5.41, 5.74) is 0.758. The summed E-state index contributed by atoms with van der Waals surface area (Å²) < 4.78 is 5.11. The topological polar surface area (TPSA) is 68.0 Å². The summed E-state index contributed by atoms with van der Waals surface area (Å²) in [5, 5.41) is 6.72. The number of hydrogen-bond donors (Lipinski definition) is 1. The molecule has 0 saturated carbocycles. The Bertz CT molecular complexity index is 542. The maximum absolute atomic E-state index is 11.8. The molecular weight excluding hydrogens is 262 g/mol. The van der Waals surface area contributed by atoms with E-state index < -0.39 is 0 Å². The molecule has 1 heterocycles. The Kier molecular flexibility index (Phi) is 4.57. The van der Waals surface area contributed by atoms with Crippen LogP contribution in [0.15, 0.2) is 34.9 Å². The molecule has 1 N–H and O–H groups in total. The van der Waals surface area contributed by atoms with Crippen molar-refractivity contribution in [1.29, 1.82) is 0 Å². The van der Waals surface area contributed by atoms with Crippen LogP contribution in [0.25, 0.3) is 0 Å². The molecule has 0 bridgehead atoms. The summed E-state index contributed by atoms with van der Waals surface area (Å²) in [6.45, 7) is 1.98. The Balaban J connectivity index is 1.94. The van der Waals surface area contributed by atoms with Gasteiger partial charge in [0.15, 0.2) is 5.82 Å². The van der Waals surface area contributed by atoms with Gasteiger partial charge in [0, 0.05) is 5.69 Å². The third kappa shape index (κ3) is 3.82. The molecule has 0 radical (unpaired) electrons. The second-order valence-corrected chi connectivity index (χ2v) is 5.20. The Morgan fingerprint density at radius 3 is 2.84 bits per heavy atom. The molecule has 1 amide bonds. The van der Waals surface area contributed by atoms with E-state index in [1.807, 2.05) is 43.5 Å². The first-order chi connectivity index (χ1) is 9.19. The standard InChI is InChI=1S/C13H15N3O2S/c1-9(19-2)13-15-11(16-18-13)8-12(17)14-10-6-4-3-5-7-10/h3-7,9H,8H2,1-2H3,(H,14,17)/t9-/m1/s1. The van der Waals surface area contributed by atoms with Crippen LogP contribution in [0, 0.1) is 0 Å². The van der Waals surface area contributed by atoms with E-state index >= 15 is 0 Å². The highest BCUT2D eigenvalue weighted by Crippen LogP contribution is 2.23. The fraction of sp³-hybridized carbons (Fsp3) is 0.308. The molecule has 1 aromatic carbocycles. The highest BCUT2D eigenvalue weighted by molar-refractivity contribution is 7.98. The average Bonchev–Trinajstić information content (AvgIpc) is 2.87. The van der Waals surface area contributed by atoms with Crippen molar-refractivity contribution in [3.8, 4) is 0 Å². The molecule has 19 heavy (non-hydrogen) atoms. The first-order valence-corrected chi connectivity index (χ1v) is 7.18. The van der Waals surface area contributed by atoms with Crippen molar-refractivity contribution in [2.45, 2.75) is 18.6 Å². The quantitative estimate of drug-likeness (QED) is 0.910. The summed E-state index contributed by atoms with van der Waals surface area (Å²) in [5.74, 6) is 0.801. The van der Waals surface area contributed by atoms with Gasteiger partial charge in [0.25, 0.3) is 0 Å². The normalized spacial score (nSPS) is 12.1. The second-order valence-electron chi connectivity index (χ2n) is 4.02. The molecule has 0 aliphatic rings. The van der Waals surface area contributed by atoms with E-state index in [-0.39, 0.29) is 17.6 Å². The maximum Gasteiger partial charge on any atom is 0.239 e. The zero-order chi connectivity index (χ0) is 13.7. The van der Waals surface area contributed by atoms with E-state index in [1.54, 1.807) is 11.8 Å². The van der Waals surface area contributed by atoms with Gasteiger partial charge in [0.2, 0.25) is 11.8 Å². The molecule has 0 fully saturated rings. The molecule has 5 nitrogen and oxygen atoms in total. The molecule has 2 aromatic rings. The van der Waals surface area contributed by atoms with Crippen LogP contribution in [0.3, 0.4) is 0 Å². The van der Waals surface area contributed by atoms with Crippen LogP contribution in [0.4, 0.5) is 5.69 Å². The minimum absolute atomic E-state index is 0.111. The van der Waals surface area contributed by atoms with Crippen molar-refractivity contribution in [3.05, 3.63) is 42.0 Å². The van der Waals surface area contributed by atoms with E-state index in [2.05, 4.69) is 15.5 Å². The summed E-state index contributed by atoms with van der Waals surface area (Å²) in [4.78, 5) is 16.0. The van der Waals surface area contributed by atoms with Crippen LogP contribution in [-0.4, -0.2) is 22.3 Å². The van der Waals surface area contributed by atoms with Gasteiger partial charge in [-0.1, -0.05) is 23.4 Å². The summed E-state index contributed by atoms with van der Waals surface area (Å²) >= 11 is 1.62. The van der Waals surface area contributed by atoms with Crippen LogP contribution in [0.5, 0.6) is 0 Å². The lowest BCUT2D eigenvalue weighted by atomic mass is 10.3. The molecule has 1 atom stereocenters. The van der Waals surface area contributed by atoms with E-state index in [0.29, 0.717) is 11.7 Å². The van der Waals surface area contributed by atoms with Gasteiger partial charge in [0.1, 0.15) is 0 Å². The van der Waals surface area contributed by atoms with Gasteiger partial charge in [-0.05, 0) is 25.3 Å². The van der Waals surface area contributed by atoms with Crippen molar-refractivity contribution in [3.63, 3.8) is 0 Å². The van der Waals surface area contributed by atoms with Crippen LogP contribution in [0.2, 0.25) is 0 Å². The number of amides is 1. The van der Waals surface area contributed by atoms with Crippen molar-refractivity contribution in [1.82, 2.24) is 10.1 Å². The van der Waals surface area contributed by atoms with E-state index in [9.17, 15) is 4.79 Å². The van der Waals surface area contributed by atoms with Crippen LogP contribution in [-0.2, 0) is 11.2 Å². The average molecular weight is 277 g/mol. The number of carbonyl (C=O) groups excluding carboxylic acids is 1. The van der Waals surface area contributed by atoms with Crippen LogP contribution in [0.1, 0.15) is 23.9 Å². The molecule has 0 spiro atoms. The number of nitrogens with one attached hydrogen (secondary N) is 1. The fourth-order valence-corrected chi connectivity index (χ4v) is 1.77. The monoisotopic (exact) mass is 277 g/mol. The number of carbonyl (C=O) groups is 1. The number of para-hydroxylation sites is 1. The number of nitrogens with zero attached hydrogens (tertiary/aromatic N) is 2. The number of anilines is 1. The Hall–Kier alpha value is -1.82. The van der Waals surface area contributed by atoms with E-state index in [1.165, 1.54) is 0 Å². The Morgan fingerprint density at radius 1 is 1.42 bits per heavy atom. The molecule has 0 unspecified atom stereocenters. The first kappa shape index (κ1) is 13.6. The van der Waals surface area contributed by atoms with Gasteiger partial charge < -0.3 is 9.84 Å². The molecule has 2 rings (SSSR count). The molecule has 0 saturated heterocycles. The highest BCUT2D eigenvalue weighted by Gasteiger charge is 2.15. The van der Waals surface area contributed by atoms with E-state index in [4.69, 9.17) is 4.52 Å². The lowest BCUT2D eigenvalue weighted by Crippen LogP contribution is -2.15. The van der Waals surface area contributed by atoms with Gasteiger partial charge in [-0.25, -0.2) is 0 Å². The predicted molar refractivity (Wildman–Crippen MR) is 75.0 cm³/mol. The highest BCUT2D eigenvalue weighted by atomic mass is 32.2. The zero-order valence-corrected chi connectivity index (χ0v) is 11.6. The Morgan fingerprint density at radius 2 is 2.16 bits per heavy atom. The number of aromatic nitrogens is 2. The third-order valence-corrected chi connectivity index (χ3v) is 3.47. The molecule has 0 aliphatic heterocycles. The number of rotatable bonds is 5. The minimum atomic E-state index is -0.157. The smallest absolute Gasteiger partial charge is 0.239 e. The lowest BCUT2D eigenvalue weighted by molar-refractivity contribution is -0.115. The van der Waals surface area contributed by atoms with Gasteiger partial charge >= 0.3 is 0 Å². The van der Waals surface area contributed by atoms with Crippen molar-refractivity contribution in [2.75, 3.05) is 11.6 Å². The third-order valence-electron chi connectivity index (χ3n) is 2.56. The van der Waals surface area contributed by atoms with Crippen molar-refractivity contribution >= 4 is 23.4 Å². The summed E-state index contributed by atoms with van der Waals surface area (Å²) in [7, 11) is 0. The van der Waals surface area contributed by atoms with Gasteiger partial charge in [-0.2, -0.15) is 16.7 Å². The van der Waals surface area contributed by atoms with Crippen LogP contribution >= 0.6 is 11.8 Å². The lowest BCUT2D eigenvalue weighted by Gasteiger charge is -2.02. The molecular formula is C13H15N3O2S. The van der Waals surface area contributed by atoms with Gasteiger partial charge in [-0.3, -0.25) is 4.79 Å². The molecule has 100 valence electrons. The first-order valence-electron chi connectivity index (χ1n) is 5.89. The molecule has 0 aliphatic carbocycles. The fourth-order valence-electron chi connectivity index (χ4n) is 1.48. The minimum Gasteiger partial charge on any atom is -0.338 e. The van der Waals surface area contributed by atoms with E-state index in [0.717, 1.165) is 5.69 Å². The summed E-state index contributed by atoms with van der Waals surface area (Å²) in [6, 6.07) is 9.28. The molecule has 6 heteroatoms. The Labute approximate surface area is 115 Å². The number of thioether (sulfide) groups is 1. The second kappa shape index (κ2) is 6.38. The summed E-state index contributed by atoms with van der Waals surface area (Å²) in [6.07, 6.45) is 2.08. The number of benzene rings is 1.